The molecule has 1 saturated heterocycles. The van der Waals surface area contributed by atoms with E-state index in [1.54, 1.807) is 23.1 Å². The first-order valence-corrected chi connectivity index (χ1v) is 10.8. The number of nitrogens with zero attached hydrogens (tertiary/aromatic N) is 2. The van der Waals surface area contributed by atoms with Gasteiger partial charge >= 0.3 is 6.03 Å². The maximum absolute atomic E-state index is 14.2. The molecule has 0 saturated carbocycles. The second-order valence-electron chi connectivity index (χ2n) is 8.30. The van der Waals surface area contributed by atoms with Gasteiger partial charge in [0.1, 0.15) is 17.4 Å². The van der Waals surface area contributed by atoms with Gasteiger partial charge in [0.2, 0.25) is 5.89 Å². The molecular formula is C26H24FN3O2. The molecule has 1 unspecified atom stereocenters. The zero-order chi connectivity index (χ0) is 22.2. The molecule has 2 heterocycles. The van der Waals surface area contributed by atoms with E-state index in [-0.39, 0.29) is 17.9 Å². The highest BCUT2D eigenvalue weighted by Crippen LogP contribution is 2.35. The van der Waals surface area contributed by atoms with E-state index < -0.39 is 0 Å². The molecule has 32 heavy (non-hydrogen) atoms. The van der Waals surface area contributed by atoms with Gasteiger partial charge in [0.05, 0.1) is 0 Å². The van der Waals surface area contributed by atoms with Crippen molar-refractivity contribution in [2.45, 2.75) is 32.7 Å². The van der Waals surface area contributed by atoms with Crippen LogP contribution in [0.2, 0.25) is 0 Å². The molecule has 0 aliphatic carbocycles. The molecule has 0 radical (unpaired) electrons. The molecule has 5 rings (SSSR count). The molecule has 0 spiro atoms. The number of halogens is 1. The zero-order valence-corrected chi connectivity index (χ0v) is 18.1. The van der Waals surface area contributed by atoms with Crippen molar-refractivity contribution in [3.05, 3.63) is 83.5 Å². The average Bonchev–Trinajstić information content (AvgIpc) is 3.43. The summed E-state index contributed by atoms with van der Waals surface area (Å²) >= 11 is 0. The Balaban J connectivity index is 1.40. The summed E-state index contributed by atoms with van der Waals surface area (Å²) in [6.45, 7) is 4.71. The summed E-state index contributed by atoms with van der Waals surface area (Å²) in [6, 6.07) is 17.6. The minimum atomic E-state index is -0.277. The summed E-state index contributed by atoms with van der Waals surface area (Å²) < 4.78 is 20.2. The number of anilines is 1. The number of nitrogens with one attached hydrogen (secondary N) is 1. The molecule has 1 atom stereocenters. The Morgan fingerprint density at radius 2 is 1.94 bits per heavy atom. The third kappa shape index (κ3) is 3.73. The van der Waals surface area contributed by atoms with Crippen LogP contribution in [-0.4, -0.2) is 22.5 Å². The molecule has 1 aromatic heterocycles. The van der Waals surface area contributed by atoms with Crippen LogP contribution >= 0.6 is 0 Å². The van der Waals surface area contributed by atoms with Gasteiger partial charge in [0, 0.05) is 17.8 Å². The predicted octanol–water partition coefficient (Wildman–Crippen LogP) is 6.62. The standard InChI is InChI=1S/C26H24FN3O2/c1-16-9-11-19(14-17(16)2)28-26(31)30-13-5-8-23(30)25-29-22-15-18(10-12-24(22)32-25)20-6-3-4-7-21(20)27/h3-4,6-7,9-12,14-15,23H,5,8,13H2,1-2H3,(H,28,31). The number of hydrogen-bond acceptors (Lipinski definition) is 3. The van der Waals surface area contributed by atoms with E-state index >= 15 is 0 Å². The largest absolute Gasteiger partial charge is 0.438 e. The SMILES string of the molecule is Cc1ccc(NC(=O)N2CCCC2c2nc3cc(-c4ccccc4F)ccc3o2)cc1C. The molecule has 0 bridgehead atoms. The Kier molecular flexibility index (Phi) is 5.13. The number of carbonyl (C=O) groups excluding carboxylic acids is 1. The Morgan fingerprint density at radius 3 is 2.75 bits per heavy atom. The molecule has 6 heteroatoms. The van der Waals surface area contributed by atoms with Crippen LogP contribution in [0.1, 0.15) is 35.9 Å². The lowest BCUT2D eigenvalue weighted by molar-refractivity contribution is 0.199. The fraction of sp³-hybridized carbons (Fsp3) is 0.231. The van der Waals surface area contributed by atoms with Crippen LogP contribution in [0.4, 0.5) is 14.9 Å². The molecular weight excluding hydrogens is 405 g/mol. The summed E-state index contributed by atoms with van der Waals surface area (Å²) in [6.07, 6.45) is 1.66. The normalized spacial score (nSPS) is 16.0. The average molecular weight is 429 g/mol. The number of aromatic nitrogens is 1. The fourth-order valence-electron chi connectivity index (χ4n) is 4.23. The van der Waals surface area contributed by atoms with Gasteiger partial charge in [0.25, 0.3) is 0 Å². The number of rotatable bonds is 3. The summed E-state index contributed by atoms with van der Waals surface area (Å²) in [5.74, 6) is 0.235. The molecule has 1 aliphatic heterocycles. The van der Waals surface area contributed by atoms with Gasteiger partial charge in [-0.15, -0.1) is 0 Å². The summed E-state index contributed by atoms with van der Waals surface area (Å²) in [7, 11) is 0. The molecule has 4 aromatic rings. The molecule has 5 nitrogen and oxygen atoms in total. The van der Waals surface area contributed by atoms with Crippen molar-refractivity contribution < 1.29 is 13.6 Å². The summed E-state index contributed by atoms with van der Waals surface area (Å²) in [5.41, 5.74) is 5.63. The Bertz CT molecular complexity index is 1310. The lowest BCUT2D eigenvalue weighted by atomic mass is 10.0. The molecule has 3 aromatic carbocycles. The van der Waals surface area contributed by atoms with Crippen LogP contribution < -0.4 is 5.32 Å². The van der Waals surface area contributed by atoms with Crippen LogP contribution in [0, 0.1) is 19.7 Å². The second kappa shape index (κ2) is 8.11. The Hall–Kier alpha value is -3.67. The number of likely N-dealkylation sites (tertiary alicyclic amines) is 1. The van der Waals surface area contributed by atoms with Gasteiger partial charge in [-0.25, -0.2) is 14.2 Å². The van der Waals surface area contributed by atoms with Crippen molar-refractivity contribution in [3.63, 3.8) is 0 Å². The predicted molar refractivity (Wildman–Crippen MR) is 123 cm³/mol. The zero-order valence-electron chi connectivity index (χ0n) is 18.1. The highest BCUT2D eigenvalue weighted by molar-refractivity contribution is 5.90. The van der Waals surface area contributed by atoms with Gasteiger partial charge < -0.3 is 14.6 Å². The molecule has 1 fully saturated rings. The first-order valence-electron chi connectivity index (χ1n) is 10.8. The van der Waals surface area contributed by atoms with E-state index in [0.717, 1.165) is 29.7 Å². The first-order chi connectivity index (χ1) is 15.5. The lowest BCUT2D eigenvalue weighted by Crippen LogP contribution is -2.34. The van der Waals surface area contributed by atoms with Crippen LogP contribution in [0.15, 0.2) is 65.1 Å². The van der Waals surface area contributed by atoms with Crippen molar-refractivity contribution in [1.29, 1.82) is 0 Å². The van der Waals surface area contributed by atoms with E-state index in [9.17, 15) is 9.18 Å². The van der Waals surface area contributed by atoms with E-state index in [4.69, 9.17) is 4.42 Å². The summed E-state index contributed by atoms with van der Waals surface area (Å²) in [4.78, 5) is 19.4. The monoisotopic (exact) mass is 429 g/mol. The minimum absolute atomic E-state index is 0.162. The third-order valence-corrected chi connectivity index (χ3v) is 6.15. The van der Waals surface area contributed by atoms with Crippen LogP contribution in [0.3, 0.4) is 0 Å². The molecule has 1 aliphatic rings. The topological polar surface area (TPSA) is 58.4 Å². The maximum atomic E-state index is 14.2. The quantitative estimate of drug-likeness (QED) is 0.398. The molecule has 162 valence electrons. The lowest BCUT2D eigenvalue weighted by Gasteiger charge is -2.22. The Morgan fingerprint density at radius 1 is 1.09 bits per heavy atom. The third-order valence-electron chi connectivity index (χ3n) is 6.15. The van der Waals surface area contributed by atoms with Gasteiger partial charge in [0.15, 0.2) is 5.58 Å². The second-order valence-corrected chi connectivity index (χ2v) is 8.30. The van der Waals surface area contributed by atoms with Crippen molar-refractivity contribution in [2.24, 2.45) is 0 Å². The number of fused-ring (bicyclic) bond motifs is 1. The van der Waals surface area contributed by atoms with E-state index in [0.29, 0.717) is 29.1 Å². The number of urea groups is 1. The maximum Gasteiger partial charge on any atom is 0.322 e. The first kappa shape index (κ1) is 20.2. The number of aryl methyl sites for hydroxylation is 2. The van der Waals surface area contributed by atoms with Crippen molar-refractivity contribution in [1.82, 2.24) is 9.88 Å². The fourth-order valence-corrected chi connectivity index (χ4v) is 4.23. The van der Waals surface area contributed by atoms with Crippen LogP contribution in [0.25, 0.3) is 22.2 Å². The number of benzene rings is 3. The van der Waals surface area contributed by atoms with Gasteiger partial charge in [-0.2, -0.15) is 0 Å². The van der Waals surface area contributed by atoms with Gasteiger partial charge in [-0.05, 0) is 73.7 Å². The number of oxazole rings is 1. The van der Waals surface area contributed by atoms with E-state index in [2.05, 4.69) is 10.3 Å². The van der Waals surface area contributed by atoms with E-state index in [1.807, 2.05) is 50.2 Å². The number of carbonyl (C=O) groups is 1. The highest BCUT2D eigenvalue weighted by atomic mass is 19.1. The minimum Gasteiger partial charge on any atom is -0.438 e. The number of hydrogen-bond donors (Lipinski definition) is 1. The van der Waals surface area contributed by atoms with E-state index in [1.165, 1.54) is 11.6 Å². The van der Waals surface area contributed by atoms with Gasteiger partial charge in [-0.3, -0.25) is 0 Å². The van der Waals surface area contributed by atoms with Gasteiger partial charge in [-0.1, -0.05) is 30.3 Å². The van der Waals surface area contributed by atoms with Crippen LogP contribution in [-0.2, 0) is 0 Å². The smallest absolute Gasteiger partial charge is 0.322 e. The number of amides is 2. The van der Waals surface area contributed by atoms with Crippen LogP contribution in [0.5, 0.6) is 0 Å². The molecule has 1 N–H and O–H groups in total. The van der Waals surface area contributed by atoms with Crippen molar-refractivity contribution >= 4 is 22.8 Å². The summed E-state index contributed by atoms with van der Waals surface area (Å²) in [5, 5.41) is 3.00. The molecule has 2 amide bonds. The van der Waals surface area contributed by atoms with Crippen molar-refractivity contribution in [2.75, 3.05) is 11.9 Å². The van der Waals surface area contributed by atoms with Crippen molar-refractivity contribution in [3.8, 4) is 11.1 Å². The Labute approximate surface area is 185 Å². The highest BCUT2D eigenvalue weighted by Gasteiger charge is 2.33.